The number of piperazine rings is 1. The van der Waals surface area contributed by atoms with E-state index in [9.17, 15) is 9.59 Å². The van der Waals surface area contributed by atoms with Gasteiger partial charge < -0.3 is 10.2 Å². The van der Waals surface area contributed by atoms with Gasteiger partial charge in [-0.25, -0.2) is 0 Å². The summed E-state index contributed by atoms with van der Waals surface area (Å²) in [4.78, 5) is 25.4. The van der Waals surface area contributed by atoms with Crippen LogP contribution in [0.1, 0.15) is 47.0 Å². The summed E-state index contributed by atoms with van der Waals surface area (Å²) in [5.41, 5.74) is 0.185. The molecular weight excluding hydrogens is 216 g/mol. The van der Waals surface area contributed by atoms with E-state index >= 15 is 0 Å². The minimum atomic E-state index is -0.261. The highest BCUT2D eigenvalue weighted by Gasteiger charge is 2.33. The number of amides is 2. The van der Waals surface area contributed by atoms with Gasteiger partial charge in [-0.1, -0.05) is 34.1 Å². The molecule has 1 fully saturated rings. The van der Waals surface area contributed by atoms with Crippen molar-refractivity contribution in [3.8, 4) is 0 Å². The maximum Gasteiger partial charge on any atom is 0.243 e. The minimum absolute atomic E-state index is 0.000333. The Morgan fingerprint density at radius 1 is 1.35 bits per heavy atom. The Morgan fingerprint density at radius 2 is 2.00 bits per heavy atom. The largest absolute Gasteiger partial charge is 0.345 e. The Balaban J connectivity index is 2.68. The summed E-state index contributed by atoms with van der Waals surface area (Å²) in [5.74, 6) is 0.0488. The van der Waals surface area contributed by atoms with Gasteiger partial charge in [-0.2, -0.15) is 0 Å². The van der Waals surface area contributed by atoms with E-state index in [2.05, 4.69) is 26.1 Å². The first-order valence-electron chi connectivity index (χ1n) is 6.42. The first kappa shape index (κ1) is 14.0. The second kappa shape index (κ2) is 5.52. The summed E-state index contributed by atoms with van der Waals surface area (Å²) in [5, 5.41) is 2.66. The van der Waals surface area contributed by atoms with E-state index in [1.54, 1.807) is 4.90 Å². The highest BCUT2D eigenvalue weighted by molar-refractivity contribution is 5.94. The molecule has 1 aliphatic rings. The van der Waals surface area contributed by atoms with Crippen LogP contribution in [0.15, 0.2) is 0 Å². The zero-order valence-corrected chi connectivity index (χ0v) is 11.4. The number of carbonyl (C=O) groups excluding carboxylic acids is 2. The number of hydrogen-bond acceptors (Lipinski definition) is 2. The third-order valence-electron chi connectivity index (χ3n) is 3.08. The maximum absolute atomic E-state index is 11.9. The van der Waals surface area contributed by atoms with Gasteiger partial charge in [0.15, 0.2) is 0 Å². The van der Waals surface area contributed by atoms with E-state index in [0.717, 1.165) is 19.3 Å². The fourth-order valence-electron chi connectivity index (χ4n) is 1.99. The van der Waals surface area contributed by atoms with Crippen molar-refractivity contribution in [1.82, 2.24) is 10.2 Å². The molecular formula is C13H24N2O2. The van der Waals surface area contributed by atoms with Crippen molar-refractivity contribution >= 4 is 11.8 Å². The van der Waals surface area contributed by atoms with Crippen LogP contribution in [0.25, 0.3) is 0 Å². The number of rotatable bonds is 4. The van der Waals surface area contributed by atoms with Crippen molar-refractivity contribution in [3.05, 3.63) is 0 Å². The summed E-state index contributed by atoms with van der Waals surface area (Å²) in [7, 11) is 0. The van der Waals surface area contributed by atoms with Crippen molar-refractivity contribution < 1.29 is 9.59 Å². The summed E-state index contributed by atoms with van der Waals surface area (Å²) in [6.07, 6.45) is 2.59. The zero-order valence-electron chi connectivity index (χ0n) is 11.4. The Bertz CT molecular complexity index is 294. The van der Waals surface area contributed by atoms with E-state index in [-0.39, 0.29) is 29.8 Å². The molecule has 98 valence electrons. The topological polar surface area (TPSA) is 49.4 Å². The van der Waals surface area contributed by atoms with Gasteiger partial charge >= 0.3 is 0 Å². The molecule has 17 heavy (non-hydrogen) atoms. The van der Waals surface area contributed by atoms with Crippen molar-refractivity contribution in [3.63, 3.8) is 0 Å². The molecule has 0 aromatic rings. The second-order valence-corrected chi connectivity index (χ2v) is 5.92. The van der Waals surface area contributed by atoms with Gasteiger partial charge in [0.1, 0.15) is 6.04 Å². The summed E-state index contributed by atoms with van der Waals surface area (Å²) in [6.45, 7) is 9.32. The number of nitrogens with one attached hydrogen (secondary N) is 1. The normalized spacial score (nSPS) is 21.6. The molecule has 1 saturated heterocycles. The standard InChI is InChI=1S/C13H24N2O2/c1-5-6-10-12(17)14-9-11(16)15(10)8-7-13(2,3)4/h10H,5-9H2,1-4H3,(H,14,17). The molecule has 1 heterocycles. The SMILES string of the molecule is CCCC1C(=O)NCC(=O)N1CCC(C)(C)C. The lowest BCUT2D eigenvalue weighted by atomic mass is 9.91. The number of nitrogens with zero attached hydrogens (tertiary/aromatic N) is 1. The van der Waals surface area contributed by atoms with E-state index in [4.69, 9.17) is 0 Å². The predicted octanol–water partition coefficient (Wildman–Crippen LogP) is 1.55. The fourth-order valence-corrected chi connectivity index (χ4v) is 1.99. The first-order valence-corrected chi connectivity index (χ1v) is 6.42. The highest BCUT2D eigenvalue weighted by Crippen LogP contribution is 2.21. The molecule has 4 nitrogen and oxygen atoms in total. The van der Waals surface area contributed by atoms with Crippen LogP contribution in [0.2, 0.25) is 0 Å². The Labute approximate surface area is 104 Å². The predicted molar refractivity (Wildman–Crippen MR) is 67.5 cm³/mol. The Morgan fingerprint density at radius 3 is 2.53 bits per heavy atom. The summed E-state index contributed by atoms with van der Waals surface area (Å²) < 4.78 is 0. The quantitative estimate of drug-likeness (QED) is 0.810. The van der Waals surface area contributed by atoms with Crippen molar-refractivity contribution in [2.75, 3.05) is 13.1 Å². The van der Waals surface area contributed by atoms with Gasteiger partial charge in [0.2, 0.25) is 11.8 Å². The maximum atomic E-state index is 11.9. The third kappa shape index (κ3) is 4.02. The van der Waals surface area contributed by atoms with Crippen molar-refractivity contribution in [2.24, 2.45) is 5.41 Å². The number of carbonyl (C=O) groups is 2. The van der Waals surface area contributed by atoms with Gasteiger partial charge in [0, 0.05) is 6.54 Å². The molecule has 0 bridgehead atoms. The zero-order chi connectivity index (χ0) is 13.1. The number of hydrogen-bond donors (Lipinski definition) is 1. The first-order chi connectivity index (χ1) is 7.85. The molecule has 0 spiro atoms. The lowest BCUT2D eigenvalue weighted by Crippen LogP contribution is -2.58. The van der Waals surface area contributed by atoms with Crippen molar-refractivity contribution in [1.29, 1.82) is 0 Å². The van der Waals surface area contributed by atoms with Gasteiger partial charge in [-0.3, -0.25) is 9.59 Å². The average molecular weight is 240 g/mol. The second-order valence-electron chi connectivity index (χ2n) is 5.92. The molecule has 4 heteroatoms. The Kier molecular flexibility index (Phi) is 4.54. The van der Waals surface area contributed by atoms with Crippen LogP contribution in [-0.4, -0.2) is 35.8 Å². The summed E-state index contributed by atoms with van der Waals surface area (Å²) in [6, 6.07) is -0.261. The van der Waals surface area contributed by atoms with Crippen molar-refractivity contribution in [2.45, 2.75) is 53.0 Å². The average Bonchev–Trinajstić information content (AvgIpc) is 2.21. The fraction of sp³-hybridized carbons (Fsp3) is 0.846. The molecule has 0 aromatic heterocycles. The van der Waals surface area contributed by atoms with Crippen LogP contribution in [-0.2, 0) is 9.59 Å². The van der Waals surface area contributed by atoms with E-state index in [0.29, 0.717) is 6.54 Å². The molecule has 0 aliphatic carbocycles. The van der Waals surface area contributed by atoms with Crippen LogP contribution < -0.4 is 5.32 Å². The van der Waals surface area contributed by atoms with Crippen LogP contribution >= 0.6 is 0 Å². The molecule has 1 N–H and O–H groups in total. The molecule has 1 atom stereocenters. The molecule has 1 rings (SSSR count). The van der Waals surface area contributed by atoms with E-state index in [1.807, 2.05) is 6.92 Å². The molecule has 0 saturated carbocycles. The molecule has 2 amide bonds. The van der Waals surface area contributed by atoms with Crippen LogP contribution in [0.3, 0.4) is 0 Å². The van der Waals surface area contributed by atoms with Gasteiger partial charge in [-0.15, -0.1) is 0 Å². The third-order valence-corrected chi connectivity index (χ3v) is 3.08. The highest BCUT2D eigenvalue weighted by atomic mass is 16.2. The lowest BCUT2D eigenvalue weighted by Gasteiger charge is -2.36. The van der Waals surface area contributed by atoms with Gasteiger partial charge in [-0.05, 0) is 18.3 Å². The van der Waals surface area contributed by atoms with Gasteiger partial charge in [0.05, 0.1) is 6.54 Å². The van der Waals surface area contributed by atoms with E-state index in [1.165, 1.54) is 0 Å². The molecule has 0 aromatic carbocycles. The van der Waals surface area contributed by atoms with Gasteiger partial charge in [0.25, 0.3) is 0 Å². The van der Waals surface area contributed by atoms with Crippen LogP contribution in [0.4, 0.5) is 0 Å². The molecule has 1 unspecified atom stereocenters. The summed E-state index contributed by atoms with van der Waals surface area (Å²) >= 11 is 0. The van der Waals surface area contributed by atoms with Crippen LogP contribution in [0, 0.1) is 5.41 Å². The minimum Gasteiger partial charge on any atom is -0.345 e. The smallest absolute Gasteiger partial charge is 0.243 e. The van der Waals surface area contributed by atoms with Crippen LogP contribution in [0.5, 0.6) is 0 Å². The Hall–Kier alpha value is -1.06. The lowest BCUT2D eigenvalue weighted by molar-refractivity contribution is -0.146. The molecule has 0 radical (unpaired) electrons. The van der Waals surface area contributed by atoms with E-state index < -0.39 is 0 Å². The monoisotopic (exact) mass is 240 g/mol. The molecule has 1 aliphatic heterocycles.